The number of benzene rings is 1. The molecule has 0 fully saturated rings. The quantitative estimate of drug-likeness (QED) is 0.782. The van der Waals surface area contributed by atoms with E-state index in [-0.39, 0.29) is 0 Å². The zero-order valence-corrected chi connectivity index (χ0v) is 12.5. The van der Waals surface area contributed by atoms with Crippen LogP contribution in [0.3, 0.4) is 0 Å². The van der Waals surface area contributed by atoms with E-state index in [1.54, 1.807) is 18.4 Å². The van der Waals surface area contributed by atoms with Gasteiger partial charge in [0.1, 0.15) is 11.6 Å². The third-order valence-corrected chi connectivity index (χ3v) is 4.07. The van der Waals surface area contributed by atoms with Crippen LogP contribution in [0, 0.1) is 0 Å². The number of rotatable bonds is 5. The monoisotopic (exact) mass is 300 g/mol. The Morgan fingerprint density at radius 1 is 1.19 bits per heavy atom. The summed E-state index contributed by atoms with van der Waals surface area (Å²) >= 11 is 1.68. The summed E-state index contributed by atoms with van der Waals surface area (Å²) < 4.78 is 10.9. The molecule has 0 amide bonds. The van der Waals surface area contributed by atoms with Crippen molar-refractivity contribution in [1.82, 2.24) is 4.98 Å². The SMILES string of the molecule is COc1ccc2cc(COCc3cccs3)c(N)nc2c1. The van der Waals surface area contributed by atoms with E-state index in [2.05, 4.69) is 11.1 Å². The summed E-state index contributed by atoms with van der Waals surface area (Å²) in [6.07, 6.45) is 0. The Hall–Kier alpha value is -2.11. The fourth-order valence-electron chi connectivity index (χ4n) is 2.10. The normalized spacial score (nSPS) is 10.9. The number of methoxy groups -OCH3 is 1. The van der Waals surface area contributed by atoms with Gasteiger partial charge in [0.15, 0.2) is 0 Å². The maximum absolute atomic E-state index is 6.01. The minimum atomic E-state index is 0.457. The number of ether oxygens (including phenoxy) is 2. The van der Waals surface area contributed by atoms with Gasteiger partial charge in [-0.25, -0.2) is 4.98 Å². The molecule has 0 unspecified atom stereocenters. The molecule has 2 aromatic heterocycles. The van der Waals surface area contributed by atoms with Crippen molar-refractivity contribution in [3.8, 4) is 5.75 Å². The first kappa shape index (κ1) is 13.9. The molecule has 0 aliphatic carbocycles. The maximum Gasteiger partial charge on any atom is 0.129 e. The van der Waals surface area contributed by atoms with E-state index in [9.17, 15) is 0 Å². The molecular weight excluding hydrogens is 284 g/mol. The number of anilines is 1. The first-order chi connectivity index (χ1) is 10.3. The number of nitrogens with zero attached hydrogens (tertiary/aromatic N) is 1. The van der Waals surface area contributed by atoms with Crippen LogP contribution in [0.15, 0.2) is 41.8 Å². The molecule has 21 heavy (non-hydrogen) atoms. The Bertz CT molecular complexity index is 741. The maximum atomic E-state index is 6.01. The molecule has 1 aromatic carbocycles. The van der Waals surface area contributed by atoms with E-state index < -0.39 is 0 Å². The molecule has 3 aromatic rings. The minimum Gasteiger partial charge on any atom is -0.497 e. The van der Waals surface area contributed by atoms with Crippen LogP contribution in [0.2, 0.25) is 0 Å². The largest absolute Gasteiger partial charge is 0.497 e. The Morgan fingerprint density at radius 3 is 2.86 bits per heavy atom. The second-order valence-electron chi connectivity index (χ2n) is 4.66. The predicted molar refractivity (Wildman–Crippen MR) is 85.5 cm³/mol. The number of hydrogen-bond donors (Lipinski definition) is 1. The zero-order valence-electron chi connectivity index (χ0n) is 11.7. The van der Waals surface area contributed by atoms with Crippen LogP contribution in [0.5, 0.6) is 5.75 Å². The van der Waals surface area contributed by atoms with Crippen LogP contribution in [0.1, 0.15) is 10.4 Å². The first-order valence-electron chi connectivity index (χ1n) is 6.59. The highest BCUT2D eigenvalue weighted by Gasteiger charge is 2.06. The van der Waals surface area contributed by atoms with Crippen LogP contribution in [-0.2, 0) is 18.0 Å². The van der Waals surface area contributed by atoms with Gasteiger partial charge in [0.05, 0.1) is 25.8 Å². The predicted octanol–water partition coefficient (Wildman–Crippen LogP) is 3.60. The Balaban J connectivity index is 1.77. The van der Waals surface area contributed by atoms with Gasteiger partial charge in [0, 0.05) is 21.9 Å². The van der Waals surface area contributed by atoms with Gasteiger partial charge < -0.3 is 15.2 Å². The molecule has 5 heteroatoms. The second kappa shape index (κ2) is 6.11. The lowest BCUT2D eigenvalue weighted by Crippen LogP contribution is -2.01. The van der Waals surface area contributed by atoms with Gasteiger partial charge in [-0.1, -0.05) is 6.07 Å². The second-order valence-corrected chi connectivity index (χ2v) is 5.70. The van der Waals surface area contributed by atoms with Gasteiger partial charge in [0.25, 0.3) is 0 Å². The van der Waals surface area contributed by atoms with Crippen LogP contribution in [0.25, 0.3) is 10.9 Å². The molecule has 0 saturated heterocycles. The van der Waals surface area contributed by atoms with Gasteiger partial charge in [-0.05, 0) is 29.6 Å². The van der Waals surface area contributed by atoms with Gasteiger partial charge in [-0.15, -0.1) is 11.3 Å². The van der Waals surface area contributed by atoms with E-state index in [1.807, 2.05) is 35.7 Å². The molecule has 0 spiro atoms. The van der Waals surface area contributed by atoms with E-state index in [0.29, 0.717) is 19.0 Å². The van der Waals surface area contributed by atoms with Crippen LogP contribution in [-0.4, -0.2) is 12.1 Å². The van der Waals surface area contributed by atoms with Crippen LogP contribution in [0.4, 0.5) is 5.82 Å². The highest BCUT2D eigenvalue weighted by molar-refractivity contribution is 7.09. The average molecular weight is 300 g/mol. The Morgan fingerprint density at radius 2 is 2.10 bits per heavy atom. The molecule has 108 valence electrons. The zero-order chi connectivity index (χ0) is 14.7. The first-order valence-corrected chi connectivity index (χ1v) is 7.47. The molecule has 0 aliphatic rings. The average Bonchev–Trinajstić information content (AvgIpc) is 3.00. The van der Waals surface area contributed by atoms with Crippen molar-refractivity contribution < 1.29 is 9.47 Å². The molecule has 0 saturated carbocycles. The summed E-state index contributed by atoms with van der Waals surface area (Å²) in [6, 6.07) is 11.9. The number of thiophene rings is 1. The summed E-state index contributed by atoms with van der Waals surface area (Å²) in [7, 11) is 1.64. The number of nitrogen functional groups attached to an aromatic ring is 1. The lowest BCUT2D eigenvalue weighted by Gasteiger charge is -2.09. The summed E-state index contributed by atoms with van der Waals surface area (Å²) in [6.45, 7) is 1.05. The molecular formula is C16H16N2O2S. The molecule has 2 N–H and O–H groups in total. The Kier molecular flexibility index (Phi) is 4.03. The van der Waals surface area contributed by atoms with Gasteiger partial charge in [0.2, 0.25) is 0 Å². The summed E-state index contributed by atoms with van der Waals surface area (Å²) in [5, 5.41) is 3.07. The van der Waals surface area contributed by atoms with Crippen molar-refractivity contribution >= 4 is 28.1 Å². The third kappa shape index (κ3) is 3.15. The highest BCUT2D eigenvalue weighted by Crippen LogP contribution is 2.23. The number of aromatic nitrogens is 1. The summed E-state index contributed by atoms with van der Waals surface area (Å²) in [5.41, 5.74) is 7.74. The molecule has 0 radical (unpaired) electrons. The van der Waals surface area contributed by atoms with Crippen molar-refractivity contribution in [2.24, 2.45) is 0 Å². The Labute approximate surface area is 127 Å². The van der Waals surface area contributed by atoms with Crippen molar-refractivity contribution in [2.75, 3.05) is 12.8 Å². The van der Waals surface area contributed by atoms with Gasteiger partial charge in [-0.2, -0.15) is 0 Å². The number of nitrogens with two attached hydrogens (primary N) is 1. The highest BCUT2D eigenvalue weighted by atomic mass is 32.1. The molecule has 3 rings (SSSR count). The number of fused-ring (bicyclic) bond motifs is 1. The van der Waals surface area contributed by atoms with Gasteiger partial charge >= 0.3 is 0 Å². The summed E-state index contributed by atoms with van der Waals surface area (Å²) in [4.78, 5) is 5.62. The molecule has 0 atom stereocenters. The number of pyridine rings is 1. The third-order valence-electron chi connectivity index (χ3n) is 3.22. The summed E-state index contributed by atoms with van der Waals surface area (Å²) in [5.74, 6) is 1.28. The fraction of sp³-hybridized carbons (Fsp3) is 0.188. The smallest absolute Gasteiger partial charge is 0.129 e. The van der Waals surface area contributed by atoms with Gasteiger partial charge in [-0.3, -0.25) is 0 Å². The van der Waals surface area contributed by atoms with E-state index in [4.69, 9.17) is 15.2 Å². The van der Waals surface area contributed by atoms with Crippen molar-refractivity contribution in [1.29, 1.82) is 0 Å². The van der Waals surface area contributed by atoms with Crippen LogP contribution < -0.4 is 10.5 Å². The van der Waals surface area contributed by atoms with Crippen molar-refractivity contribution in [3.63, 3.8) is 0 Å². The van der Waals surface area contributed by atoms with Crippen molar-refractivity contribution in [3.05, 3.63) is 52.2 Å². The number of hydrogen-bond acceptors (Lipinski definition) is 5. The lowest BCUT2D eigenvalue weighted by molar-refractivity contribution is 0.109. The van der Waals surface area contributed by atoms with E-state index in [0.717, 1.165) is 22.2 Å². The van der Waals surface area contributed by atoms with Crippen molar-refractivity contribution in [2.45, 2.75) is 13.2 Å². The molecule has 0 aliphatic heterocycles. The van der Waals surface area contributed by atoms with E-state index in [1.165, 1.54) is 4.88 Å². The molecule has 2 heterocycles. The minimum absolute atomic E-state index is 0.457. The van der Waals surface area contributed by atoms with Crippen LogP contribution >= 0.6 is 11.3 Å². The topological polar surface area (TPSA) is 57.4 Å². The lowest BCUT2D eigenvalue weighted by atomic mass is 10.1. The standard InChI is InChI=1S/C16H16N2O2S/c1-19-13-5-4-11-7-12(16(17)18-15(11)8-13)9-20-10-14-3-2-6-21-14/h2-8H,9-10H2,1H3,(H2,17,18). The molecule has 0 bridgehead atoms. The molecule has 4 nitrogen and oxygen atoms in total. The van der Waals surface area contributed by atoms with E-state index >= 15 is 0 Å². The fourth-order valence-corrected chi connectivity index (χ4v) is 2.74.